The third kappa shape index (κ3) is 65.7. The van der Waals surface area contributed by atoms with Crippen LogP contribution in [0.2, 0.25) is 0 Å². The van der Waals surface area contributed by atoms with Crippen LogP contribution in [0.4, 0.5) is 0 Å². The van der Waals surface area contributed by atoms with E-state index in [1.165, 1.54) is 225 Å². The fraction of sp³-hybridized carbons (Fsp3) is 0.797. The summed E-state index contributed by atoms with van der Waals surface area (Å²) in [5.41, 5.74) is 0. The highest BCUT2D eigenvalue weighted by atomic mass is 16.6. The van der Waals surface area contributed by atoms with E-state index >= 15 is 0 Å². The molecule has 0 radical (unpaired) electrons. The van der Waals surface area contributed by atoms with Crippen molar-refractivity contribution >= 4 is 17.9 Å². The van der Waals surface area contributed by atoms with Crippen LogP contribution in [0.1, 0.15) is 361 Å². The van der Waals surface area contributed by atoms with Gasteiger partial charge in [0.2, 0.25) is 0 Å². The minimum absolute atomic E-state index is 0.0762. The summed E-state index contributed by atoms with van der Waals surface area (Å²) in [6.45, 7) is 6.53. The molecule has 6 nitrogen and oxygen atoms in total. The SMILES string of the molecule is CC/C=C\C/C=C\C/C=C\C/C=C\CCCCCCCCCCCCCCCCCCCCCCCCC(=O)OCC(COC(=O)CCCCCCC/C=C\CCCCC)OC(=O)CCCCCCC/C=C\CCCCCCCC. The van der Waals surface area contributed by atoms with Gasteiger partial charge in [-0.2, -0.15) is 0 Å². The van der Waals surface area contributed by atoms with Gasteiger partial charge in [-0.05, 0) is 109 Å². The average Bonchev–Trinajstić information content (AvgIpc) is 3.46. The van der Waals surface area contributed by atoms with E-state index in [0.29, 0.717) is 19.3 Å². The maximum Gasteiger partial charge on any atom is 0.306 e. The number of esters is 3. The van der Waals surface area contributed by atoms with Gasteiger partial charge >= 0.3 is 17.9 Å². The lowest BCUT2D eigenvalue weighted by atomic mass is 10.0. The number of allylic oxidation sites excluding steroid dienone is 12. The summed E-state index contributed by atoms with van der Waals surface area (Å²) < 4.78 is 16.9. The molecule has 0 aliphatic carbocycles. The molecule has 0 bridgehead atoms. The highest BCUT2D eigenvalue weighted by molar-refractivity contribution is 5.71. The first kappa shape index (κ1) is 76.9. The molecule has 1 atom stereocenters. The lowest BCUT2D eigenvalue weighted by molar-refractivity contribution is -0.167. The molecule has 0 aromatic carbocycles. The van der Waals surface area contributed by atoms with Crippen molar-refractivity contribution < 1.29 is 28.6 Å². The lowest BCUT2D eigenvalue weighted by Gasteiger charge is -2.18. The fourth-order valence-corrected chi connectivity index (χ4v) is 10.2. The first-order chi connectivity index (χ1) is 39.5. The Morgan fingerprint density at radius 3 is 0.800 bits per heavy atom. The predicted molar refractivity (Wildman–Crippen MR) is 348 cm³/mol. The summed E-state index contributed by atoms with van der Waals surface area (Å²) >= 11 is 0. The topological polar surface area (TPSA) is 78.9 Å². The van der Waals surface area contributed by atoms with E-state index in [1.807, 2.05) is 0 Å². The molecular formula is C74H132O6. The first-order valence-corrected chi connectivity index (χ1v) is 34.9. The number of ether oxygens (including phenoxy) is 3. The molecule has 0 amide bonds. The van der Waals surface area contributed by atoms with Gasteiger partial charge in [0.05, 0.1) is 0 Å². The van der Waals surface area contributed by atoms with Gasteiger partial charge in [0, 0.05) is 19.3 Å². The summed E-state index contributed by atoms with van der Waals surface area (Å²) in [5, 5.41) is 0. The van der Waals surface area contributed by atoms with Gasteiger partial charge in [-0.1, -0.05) is 306 Å². The third-order valence-electron chi connectivity index (χ3n) is 15.4. The van der Waals surface area contributed by atoms with Gasteiger partial charge in [0.1, 0.15) is 13.2 Å². The van der Waals surface area contributed by atoms with Crippen LogP contribution in [0.5, 0.6) is 0 Å². The number of hydrogen-bond donors (Lipinski definition) is 0. The molecule has 0 fully saturated rings. The van der Waals surface area contributed by atoms with Crippen LogP contribution in [0, 0.1) is 0 Å². The van der Waals surface area contributed by atoms with E-state index in [-0.39, 0.29) is 31.1 Å². The van der Waals surface area contributed by atoms with Crippen LogP contribution >= 0.6 is 0 Å². The van der Waals surface area contributed by atoms with Crippen molar-refractivity contribution in [2.45, 2.75) is 367 Å². The van der Waals surface area contributed by atoms with Gasteiger partial charge < -0.3 is 14.2 Å². The third-order valence-corrected chi connectivity index (χ3v) is 15.4. The maximum absolute atomic E-state index is 12.9. The Kier molecular flexibility index (Phi) is 65.7. The number of rotatable bonds is 64. The Morgan fingerprint density at radius 1 is 0.263 bits per heavy atom. The largest absolute Gasteiger partial charge is 0.462 e. The predicted octanol–water partition coefficient (Wildman–Crippen LogP) is 24.1. The van der Waals surface area contributed by atoms with Crippen LogP contribution in [0.3, 0.4) is 0 Å². The van der Waals surface area contributed by atoms with Crippen molar-refractivity contribution in [3.05, 3.63) is 72.9 Å². The highest BCUT2D eigenvalue weighted by Crippen LogP contribution is 2.18. The molecular weight excluding hydrogens is 985 g/mol. The molecule has 0 rings (SSSR count). The smallest absolute Gasteiger partial charge is 0.306 e. The van der Waals surface area contributed by atoms with Crippen molar-refractivity contribution in [1.29, 1.82) is 0 Å². The second-order valence-corrected chi connectivity index (χ2v) is 23.4. The van der Waals surface area contributed by atoms with Crippen LogP contribution in [-0.2, 0) is 28.6 Å². The second-order valence-electron chi connectivity index (χ2n) is 23.4. The van der Waals surface area contributed by atoms with Crippen molar-refractivity contribution in [3.63, 3.8) is 0 Å². The molecule has 0 N–H and O–H groups in total. The summed E-state index contributed by atoms with van der Waals surface area (Å²) in [6.07, 6.45) is 89.5. The van der Waals surface area contributed by atoms with Crippen molar-refractivity contribution in [1.82, 2.24) is 0 Å². The zero-order chi connectivity index (χ0) is 57.8. The van der Waals surface area contributed by atoms with Gasteiger partial charge in [0.15, 0.2) is 6.10 Å². The quantitative estimate of drug-likeness (QED) is 0.0261. The van der Waals surface area contributed by atoms with Crippen molar-refractivity contribution in [2.24, 2.45) is 0 Å². The lowest BCUT2D eigenvalue weighted by Crippen LogP contribution is -2.30. The van der Waals surface area contributed by atoms with Crippen LogP contribution < -0.4 is 0 Å². The zero-order valence-corrected chi connectivity index (χ0v) is 53.3. The van der Waals surface area contributed by atoms with Gasteiger partial charge in [-0.15, -0.1) is 0 Å². The molecule has 80 heavy (non-hydrogen) atoms. The van der Waals surface area contributed by atoms with E-state index in [4.69, 9.17) is 14.2 Å². The molecule has 0 aliphatic rings. The number of carbonyl (C=O) groups excluding carboxylic acids is 3. The molecule has 0 saturated heterocycles. The minimum Gasteiger partial charge on any atom is -0.462 e. The zero-order valence-electron chi connectivity index (χ0n) is 53.3. The van der Waals surface area contributed by atoms with E-state index in [2.05, 4.69) is 93.7 Å². The summed E-state index contributed by atoms with van der Waals surface area (Å²) in [4.78, 5) is 38.3. The van der Waals surface area contributed by atoms with Crippen molar-refractivity contribution in [3.8, 4) is 0 Å². The van der Waals surface area contributed by atoms with Gasteiger partial charge in [0.25, 0.3) is 0 Å². The Morgan fingerprint density at radius 2 is 0.487 bits per heavy atom. The molecule has 0 aromatic rings. The average molecular weight is 1120 g/mol. The Hall–Kier alpha value is -3.15. The Labute approximate surface area is 497 Å². The van der Waals surface area contributed by atoms with Crippen LogP contribution in [0.15, 0.2) is 72.9 Å². The molecule has 464 valence electrons. The number of hydrogen-bond acceptors (Lipinski definition) is 6. The molecule has 0 saturated carbocycles. The molecule has 1 unspecified atom stereocenters. The molecule has 0 aromatic heterocycles. The summed E-state index contributed by atoms with van der Waals surface area (Å²) in [6, 6.07) is 0. The molecule has 0 heterocycles. The second kappa shape index (κ2) is 68.3. The fourth-order valence-electron chi connectivity index (χ4n) is 10.2. The van der Waals surface area contributed by atoms with Gasteiger partial charge in [-0.25, -0.2) is 0 Å². The summed E-state index contributed by atoms with van der Waals surface area (Å²) in [5.74, 6) is -0.875. The monoisotopic (exact) mass is 1120 g/mol. The van der Waals surface area contributed by atoms with E-state index < -0.39 is 6.10 Å². The van der Waals surface area contributed by atoms with Crippen molar-refractivity contribution in [2.75, 3.05) is 13.2 Å². The highest BCUT2D eigenvalue weighted by Gasteiger charge is 2.19. The molecule has 0 aliphatic heterocycles. The Bertz CT molecular complexity index is 1470. The van der Waals surface area contributed by atoms with E-state index in [9.17, 15) is 14.4 Å². The first-order valence-electron chi connectivity index (χ1n) is 34.9. The maximum atomic E-state index is 12.9. The van der Waals surface area contributed by atoms with E-state index in [0.717, 1.165) is 96.3 Å². The number of unbranched alkanes of at least 4 members (excludes halogenated alkanes) is 41. The minimum atomic E-state index is -0.780. The van der Waals surface area contributed by atoms with Crippen LogP contribution in [-0.4, -0.2) is 37.2 Å². The molecule has 6 heteroatoms. The van der Waals surface area contributed by atoms with E-state index in [1.54, 1.807) is 0 Å². The normalized spacial score (nSPS) is 12.5. The van der Waals surface area contributed by atoms with Crippen LogP contribution in [0.25, 0.3) is 0 Å². The standard InChI is InChI=1S/C74H132O6/c1-4-7-10-13-16-19-22-25-27-28-29-30-31-32-33-34-35-36-37-38-39-40-41-42-43-44-45-46-48-49-52-55-58-61-64-67-73(76)79-70-71(69-78-72(75)66-63-60-57-54-51-24-21-18-15-12-9-6-3)80-74(77)68-65-62-59-56-53-50-47-26-23-20-17-14-11-8-5-2/h7,10,16,18-19,21,25-27,29-30,47,71H,4-6,8-9,11-15,17,20,22-24,28,31-46,48-70H2,1-3H3/b10-7-,19-16-,21-18-,27-25-,30-29-,47-26-. The summed E-state index contributed by atoms with van der Waals surface area (Å²) in [7, 11) is 0. The van der Waals surface area contributed by atoms with Gasteiger partial charge in [-0.3, -0.25) is 14.4 Å². The Balaban J connectivity index is 4.06. The number of carbonyl (C=O) groups is 3. The molecule has 0 spiro atoms.